The first-order valence-electron chi connectivity index (χ1n) is 5.28. The number of nitrogens with zero attached hydrogens (tertiary/aromatic N) is 2. The number of allylic oxidation sites excluding steroid dienone is 1. The van der Waals surface area contributed by atoms with E-state index in [9.17, 15) is 4.79 Å². The molecule has 14 heavy (non-hydrogen) atoms. The number of hydrogen-bond acceptors (Lipinski definition) is 1. The second-order valence-electron chi connectivity index (χ2n) is 3.31. The van der Waals surface area contributed by atoms with Crippen molar-refractivity contribution >= 4 is 6.03 Å². The average molecular weight is 198 g/mol. The van der Waals surface area contributed by atoms with E-state index in [1.54, 1.807) is 4.90 Å². The van der Waals surface area contributed by atoms with Crippen LogP contribution in [0, 0.1) is 0 Å². The van der Waals surface area contributed by atoms with Crippen molar-refractivity contribution in [3.05, 3.63) is 12.7 Å². The van der Waals surface area contributed by atoms with E-state index in [-0.39, 0.29) is 6.03 Å². The number of amides is 2. The predicted octanol–water partition coefficient (Wildman–Crippen LogP) is 2.35. The lowest BCUT2D eigenvalue weighted by Crippen LogP contribution is -2.41. The summed E-state index contributed by atoms with van der Waals surface area (Å²) in [5, 5.41) is 0. The molecule has 0 unspecified atom stereocenters. The van der Waals surface area contributed by atoms with Crippen LogP contribution in [0.15, 0.2) is 12.7 Å². The lowest BCUT2D eigenvalue weighted by molar-refractivity contribution is 0.167. The number of carbonyl (C=O) groups excluding carboxylic acids is 1. The molecule has 0 fully saturated rings. The topological polar surface area (TPSA) is 23.6 Å². The summed E-state index contributed by atoms with van der Waals surface area (Å²) in [4.78, 5) is 15.3. The third-order valence-corrected chi connectivity index (χ3v) is 2.26. The number of unbranched alkanes of at least 4 members (excludes halogenated alkanes) is 1. The molecule has 3 nitrogen and oxygen atoms in total. The maximum absolute atomic E-state index is 11.7. The van der Waals surface area contributed by atoms with Gasteiger partial charge in [0.2, 0.25) is 0 Å². The summed E-state index contributed by atoms with van der Waals surface area (Å²) in [5.41, 5.74) is 0. The highest BCUT2D eigenvalue weighted by molar-refractivity contribution is 5.74. The normalized spacial score (nSPS) is 9.64. The average Bonchev–Trinajstić information content (AvgIpc) is 2.19. The number of urea groups is 1. The summed E-state index contributed by atoms with van der Waals surface area (Å²) in [6, 6.07) is 0.124. The summed E-state index contributed by atoms with van der Waals surface area (Å²) in [5.74, 6) is 0. The second kappa shape index (κ2) is 7.42. The van der Waals surface area contributed by atoms with E-state index < -0.39 is 0 Å². The molecule has 0 aromatic carbocycles. The van der Waals surface area contributed by atoms with E-state index in [1.807, 2.05) is 31.9 Å². The van der Waals surface area contributed by atoms with E-state index in [4.69, 9.17) is 0 Å². The van der Waals surface area contributed by atoms with Crippen LogP contribution in [-0.2, 0) is 0 Å². The molecular weight excluding hydrogens is 176 g/mol. The van der Waals surface area contributed by atoms with Crippen molar-refractivity contribution in [1.82, 2.24) is 9.80 Å². The summed E-state index contributed by atoms with van der Waals surface area (Å²) in [6.45, 7) is 10.0. The maximum Gasteiger partial charge on any atom is 0.319 e. The molecule has 0 atom stereocenters. The van der Waals surface area contributed by atoms with Crippen LogP contribution in [0.3, 0.4) is 0 Å². The van der Waals surface area contributed by atoms with Crippen LogP contribution in [0.1, 0.15) is 26.7 Å². The molecule has 82 valence electrons. The highest BCUT2D eigenvalue weighted by atomic mass is 16.2. The lowest BCUT2D eigenvalue weighted by Gasteiger charge is -2.25. The molecule has 2 amide bonds. The Hall–Kier alpha value is -0.990. The molecule has 0 spiro atoms. The van der Waals surface area contributed by atoms with Gasteiger partial charge in [0.1, 0.15) is 0 Å². The monoisotopic (exact) mass is 198 g/mol. The van der Waals surface area contributed by atoms with Gasteiger partial charge in [-0.3, -0.25) is 0 Å². The Morgan fingerprint density at radius 2 is 1.93 bits per heavy atom. The summed E-state index contributed by atoms with van der Waals surface area (Å²) >= 11 is 0. The van der Waals surface area contributed by atoms with Crippen molar-refractivity contribution in [2.75, 3.05) is 26.7 Å². The fourth-order valence-electron chi connectivity index (χ4n) is 1.30. The van der Waals surface area contributed by atoms with Gasteiger partial charge < -0.3 is 9.80 Å². The molecule has 0 aliphatic rings. The van der Waals surface area contributed by atoms with Gasteiger partial charge in [0, 0.05) is 26.7 Å². The van der Waals surface area contributed by atoms with E-state index >= 15 is 0 Å². The van der Waals surface area contributed by atoms with Gasteiger partial charge in [-0.2, -0.15) is 0 Å². The van der Waals surface area contributed by atoms with Gasteiger partial charge >= 0.3 is 6.03 Å². The van der Waals surface area contributed by atoms with Gasteiger partial charge in [0.05, 0.1) is 0 Å². The molecule has 0 N–H and O–H groups in total. The van der Waals surface area contributed by atoms with Crippen molar-refractivity contribution in [2.45, 2.75) is 26.7 Å². The van der Waals surface area contributed by atoms with Crippen molar-refractivity contribution in [3.8, 4) is 0 Å². The molecule has 0 aromatic heterocycles. The smallest absolute Gasteiger partial charge is 0.319 e. The van der Waals surface area contributed by atoms with Crippen molar-refractivity contribution < 1.29 is 4.79 Å². The molecule has 0 aliphatic carbocycles. The minimum atomic E-state index is 0.124. The van der Waals surface area contributed by atoms with E-state index in [0.29, 0.717) is 0 Å². The second-order valence-corrected chi connectivity index (χ2v) is 3.31. The molecule has 0 saturated carbocycles. The van der Waals surface area contributed by atoms with Gasteiger partial charge in [-0.05, 0) is 26.7 Å². The Kier molecular flexibility index (Phi) is 6.89. The Bertz CT molecular complexity index is 176. The third-order valence-electron chi connectivity index (χ3n) is 2.26. The van der Waals surface area contributed by atoms with Gasteiger partial charge in [-0.1, -0.05) is 6.08 Å². The molecular formula is C11H22N2O. The van der Waals surface area contributed by atoms with Crippen LogP contribution in [0.2, 0.25) is 0 Å². The minimum Gasteiger partial charge on any atom is -0.328 e. The largest absolute Gasteiger partial charge is 0.328 e. The highest BCUT2D eigenvalue weighted by Crippen LogP contribution is 1.99. The zero-order valence-corrected chi connectivity index (χ0v) is 9.62. The zero-order chi connectivity index (χ0) is 11.0. The Labute approximate surface area is 87.4 Å². The van der Waals surface area contributed by atoms with Crippen molar-refractivity contribution in [3.63, 3.8) is 0 Å². The Morgan fingerprint density at radius 3 is 2.36 bits per heavy atom. The standard InChI is InChI=1S/C11H22N2O/c1-5-8-9-10-12(4)11(14)13(6-2)7-3/h5H,1,6-10H2,2-4H3. The van der Waals surface area contributed by atoms with Crippen molar-refractivity contribution in [2.24, 2.45) is 0 Å². The Morgan fingerprint density at radius 1 is 1.36 bits per heavy atom. The van der Waals surface area contributed by atoms with Crippen molar-refractivity contribution in [1.29, 1.82) is 0 Å². The van der Waals surface area contributed by atoms with Gasteiger partial charge in [-0.25, -0.2) is 4.79 Å². The minimum absolute atomic E-state index is 0.124. The molecule has 3 heteroatoms. The van der Waals surface area contributed by atoms with Crippen LogP contribution in [-0.4, -0.2) is 42.5 Å². The van der Waals surface area contributed by atoms with Crippen LogP contribution in [0.5, 0.6) is 0 Å². The number of carbonyl (C=O) groups is 1. The van der Waals surface area contributed by atoms with Gasteiger partial charge in [-0.15, -0.1) is 6.58 Å². The molecule has 0 saturated heterocycles. The first kappa shape index (κ1) is 13.0. The van der Waals surface area contributed by atoms with E-state index in [0.717, 1.165) is 32.5 Å². The fraction of sp³-hybridized carbons (Fsp3) is 0.727. The maximum atomic E-state index is 11.7. The zero-order valence-electron chi connectivity index (χ0n) is 9.62. The lowest BCUT2D eigenvalue weighted by atomic mass is 10.3. The number of rotatable bonds is 6. The van der Waals surface area contributed by atoms with Crippen LogP contribution in [0.4, 0.5) is 4.79 Å². The summed E-state index contributed by atoms with van der Waals surface area (Å²) < 4.78 is 0. The van der Waals surface area contributed by atoms with Crippen LogP contribution in [0.25, 0.3) is 0 Å². The third kappa shape index (κ3) is 4.30. The quantitative estimate of drug-likeness (QED) is 0.474. The highest BCUT2D eigenvalue weighted by Gasteiger charge is 2.13. The van der Waals surface area contributed by atoms with E-state index in [1.165, 1.54) is 0 Å². The van der Waals surface area contributed by atoms with Crippen LogP contribution >= 0.6 is 0 Å². The fourth-order valence-corrected chi connectivity index (χ4v) is 1.30. The molecule has 0 radical (unpaired) electrons. The first-order chi connectivity index (χ1) is 6.67. The van der Waals surface area contributed by atoms with E-state index in [2.05, 4.69) is 6.58 Å². The first-order valence-corrected chi connectivity index (χ1v) is 5.28. The Balaban J connectivity index is 3.90. The SMILES string of the molecule is C=CCCCN(C)C(=O)N(CC)CC. The molecule has 0 aromatic rings. The molecule has 0 bridgehead atoms. The van der Waals surface area contributed by atoms with Gasteiger partial charge in [0.15, 0.2) is 0 Å². The molecule has 0 aliphatic heterocycles. The molecule has 0 heterocycles. The number of hydrogen-bond donors (Lipinski definition) is 0. The molecule has 0 rings (SSSR count). The van der Waals surface area contributed by atoms with Crippen LogP contribution < -0.4 is 0 Å². The summed E-state index contributed by atoms with van der Waals surface area (Å²) in [7, 11) is 1.85. The predicted molar refractivity (Wildman–Crippen MR) is 60.4 cm³/mol. The van der Waals surface area contributed by atoms with Gasteiger partial charge in [0.25, 0.3) is 0 Å². The summed E-state index contributed by atoms with van der Waals surface area (Å²) in [6.07, 6.45) is 3.85.